The lowest BCUT2D eigenvalue weighted by Gasteiger charge is -2.32. The van der Waals surface area contributed by atoms with E-state index in [9.17, 15) is 13.2 Å². The molecule has 1 aromatic rings. The second-order valence-electron chi connectivity index (χ2n) is 5.83. The molecule has 20 heavy (non-hydrogen) atoms. The van der Waals surface area contributed by atoms with Crippen LogP contribution in [-0.4, -0.2) is 11.6 Å². The molecule has 112 valence electrons. The maximum Gasteiger partial charge on any atom is 0.446 e. The summed E-state index contributed by atoms with van der Waals surface area (Å²) in [5.41, 5.74) is -3.31. The van der Waals surface area contributed by atoms with Gasteiger partial charge in [-0.25, -0.2) is 0 Å². The molecule has 0 aliphatic heterocycles. The Morgan fingerprint density at radius 1 is 1.00 bits per heavy atom. The van der Waals surface area contributed by atoms with Crippen molar-refractivity contribution in [1.29, 1.82) is 0 Å². The highest BCUT2D eigenvalue weighted by Crippen LogP contribution is 2.37. The number of thioether (sulfide) groups is 1. The highest BCUT2D eigenvalue weighted by Gasteiger charge is 2.29. The Kier molecular flexibility index (Phi) is 4.89. The monoisotopic (exact) mass is 303 g/mol. The number of nitrogens with one attached hydrogen (secondary N) is 1. The molecule has 1 nitrogen and oxygen atoms in total. The number of benzene rings is 1. The molecular weight excluding hydrogens is 283 g/mol. The topological polar surface area (TPSA) is 12.0 Å². The zero-order valence-electron chi connectivity index (χ0n) is 11.7. The normalized spacial score (nSPS) is 27.4. The fourth-order valence-corrected chi connectivity index (χ4v) is 3.59. The molecular formula is C15H20F3NS. The number of hydrogen-bond donors (Lipinski definition) is 1. The third kappa shape index (κ3) is 4.93. The predicted octanol–water partition coefficient (Wildman–Crippen LogP) is 5.54. The lowest BCUT2D eigenvalue weighted by molar-refractivity contribution is -0.0328. The van der Waals surface area contributed by atoms with Crippen molar-refractivity contribution in [2.75, 3.05) is 5.32 Å². The quantitative estimate of drug-likeness (QED) is 0.736. The second-order valence-corrected chi connectivity index (χ2v) is 6.97. The first-order valence-corrected chi connectivity index (χ1v) is 7.76. The fourth-order valence-electron chi connectivity index (χ4n) is 3.05. The Hall–Kier alpha value is -0.840. The third-order valence-corrected chi connectivity index (χ3v) is 4.38. The SMILES string of the molecule is CC1CC(C)CC(Nc2ccc(SC(F)(F)F)cc2)C1. The van der Waals surface area contributed by atoms with E-state index in [-0.39, 0.29) is 16.7 Å². The molecule has 0 bridgehead atoms. The van der Waals surface area contributed by atoms with Crippen molar-refractivity contribution in [1.82, 2.24) is 0 Å². The van der Waals surface area contributed by atoms with E-state index in [4.69, 9.17) is 0 Å². The minimum atomic E-state index is -4.22. The molecule has 0 heterocycles. The summed E-state index contributed by atoms with van der Waals surface area (Å²) in [6.45, 7) is 4.51. The van der Waals surface area contributed by atoms with Gasteiger partial charge < -0.3 is 5.32 Å². The molecule has 0 radical (unpaired) electrons. The lowest BCUT2D eigenvalue weighted by atomic mass is 9.80. The van der Waals surface area contributed by atoms with E-state index in [1.165, 1.54) is 18.6 Å². The molecule has 1 aromatic carbocycles. The van der Waals surface area contributed by atoms with Crippen LogP contribution >= 0.6 is 11.8 Å². The molecule has 1 saturated carbocycles. The summed E-state index contributed by atoms with van der Waals surface area (Å²) >= 11 is -0.0715. The molecule has 0 spiro atoms. The molecule has 2 rings (SSSR count). The van der Waals surface area contributed by atoms with Crippen LogP contribution in [0.3, 0.4) is 0 Å². The van der Waals surface area contributed by atoms with Crippen LogP contribution in [0.4, 0.5) is 18.9 Å². The summed E-state index contributed by atoms with van der Waals surface area (Å²) < 4.78 is 36.7. The molecule has 1 aliphatic rings. The molecule has 5 heteroatoms. The maximum absolute atomic E-state index is 12.2. The van der Waals surface area contributed by atoms with Crippen LogP contribution in [0.25, 0.3) is 0 Å². The highest BCUT2D eigenvalue weighted by molar-refractivity contribution is 8.00. The first kappa shape index (κ1) is 15.5. The van der Waals surface area contributed by atoms with Gasteiger partial charge in [-0.15, -0.1) is 0 Å². The average Bonchev–Trinajstić information content (AvgIpc) is 2.28. The number of anilines is 1. The second kappa shape index (κ2) is 6.29. The number of halogens is 3. The molecule has 1 aliphatic carbocycles. The van der Waals surface area contributed by atoms with Crippen molar-refractivity contribution >= 4 is 17.4 Å². The van der Waals surface area contributed by atoms with Crippen molar-refractivity contribution in [2.24, 2.45) is 11.8 Å². The molecule has 1 fully saturated rings. The van der Waals surface area contributed by atoms with Crippen LogP contribution in [-0.2, 0) is 0 Å². The third-order valence-electron chi connectivity index (χ3n) is 3.64. The summed E-state index contributed by atoms with van der Waals surface area (Å²) in [7, 11) is 0. The van der Waals surface area contributed by atoms with Crippen molar-refractivity contribution in [3.8, 4) is 0 Å². The lowest BCUT2D eigenvalue weighted by Crippen LogP contribution is -2.30. The van der Waals surface area contributed by atoms with Crippen molar-refractivity contribution in [2.45, 2.75) is 49.6 Å². The Bertz CT molecular complexity index is 420. The van der Waals surface area contributed by atoms with Gasteiger partial charge in [-0.05, 0) is 67.1 Å². The van der Waals surface area contributed by atoms with Crippen LogP contribution in [0, 0.1) is 11.8 Å². The van der Waals surface area contributed by atoms with Gasteiger partial charge in [0.2, 0.25) is 0 Å². The summed E-state index contributed by atoms with van der Waals surface area (Å²) in [6, 6.07) is 6.94. The fraction of sp³-hybridized carbons (Fsp3) is 0.600. The summed E-state index contributed by atoms with van der Waals surface area (Å²) in [5, 5.41) is 3.44. The van der Waals surface area contributed by atoms with Crippen molar-refractivity contribution in [3.05, 3.63) is 24.3 Å². The van der Waals surface area contributed by atoms with E-state index in [1.54, 1.807) is 12.1 Å². The van der Waals surface area contributed by atoms with Gasteiger partial charge >= 0.3 is 5.51 Å². The molecule has 0 aromatic heterocycles. The van der Waals surface area contributed by atoms with E-state index in [1.807, 2.05) is 0 Å². The molecule has 2 atom stereocenters. The Labute approximate surface area is 122 Å². The van der Waals surface area contributed by atoms with Gasteiger partial charge in [0.1, 0.15) is 0 Å². The molecule has 0 saturated heterocycles. The zero-order valence-corrected chi connectivity index (χ0v) is 12.5. The first-order valence-electron chi connectivity index (χ1n) is 6.94. The summed E-state index contributed by atoms with van der Waals surface area (Å²) in [5.74, 6) is 1.41. The zero-order chi connectivity index (χ0) is 14.8. The van der Waals surface area contributed by atoms with Gasteiger partial charge in [-0.2, -0.15) is 13.2 Å². The Balaban J connectivity index is 1.93. The summed E-state index contributed by atoms with van der Waals surface area (Å²) in [6.07, 6.45) is 3.52. The van der Waals surface area contributed by atoms with Crippen molar-refractivity contribution < 1.29 is 13.2 Å². The van der Waals surface area contributed by atoms with Crippen LogP contribution in [0.1, 0.15) is 33.1 Å². The predicted molar refractivity (Wildman–Crippen MR) is 77.9 cm³/mol. The Morgan fingerprint density at radius 3 is 2.05 bits per heavy atom. The largest absolute Gasteiger partial charge is 0.446 e. The van der Waals surface area contributed by atoms with Gasteiger partial charge in [0.05, 0.1) is 0 Å². The molecule has 1 N–H and O–H groups in total. The summed E-state index contributed by atoms with van der Waals surface area (Å²) in [4.78, 5) is 0.230. The van der Waals surface area contributed by atoms with E-state index in [0.29, 0.717) is 17.9 Å². The number of hydrogen-bond acceptors (Lipinski definition) is 2. The van der Waals surface area contributed by atoms with Crippen LogP contribution in [0.15, 0.2) is 29.2 Å². The molecule has 2 unspecified atom stereocenters. The van der Waals surface area contributed by atoms with Gasteiger partial charge in [0.15, 0.2) is 0 Å². The van der Waals surface area contributed by atoms with Crippen LogP contribution in [0.5, 0.6) is 0 Å². The van der Waals surface area contributed by atoms with E-state index in [2.05, 4.69) is 19.2 Å². The number of alkyl halides is 3. The smallest absolute Gasteiger partial charge is 0.382 e. The first-order chi connectivity index (χ1) is 9.32. The Morgan fingerprint density at radius 2 is 1.55 bits per heavy atom. The van der Waals surface area contributed by atoms with E-state index in [0.717, 1.165) is 18.5 Å². The van der Waals surface area contributed by atoms with Gasteiger partial charge in [-0.1, -0.05) is 13.8 Å². The van der Waals surface area contributed by atoms with Gasteiger partial charge in [0.25, 0.3) is 0 Å². The van der Waals surface area contributed by atoms with Crippen LogP contribution in [0.2, 0.25) is 0 Å². The highest BCUT2D eigenvalue weighted by atomic mass is 32.2. The van der Waals surface area contributed by atoms with Crippen LogP contribution < -0.4 is 5.32 Å². The van der Waals surface area contributed by atoms with Crippen molar-refractivity contribution in [3.63, 3.8) is 0 Å². The minimum Gasteiger partial charge on any atom is -0.382 e. The molecule has 0 amide bonds. The average molecular weight is 303 g/mol. The van der Waals surface area contributed by atoms with Gasteiger partial charge in [-0.3, -0.25) is 0 Å². The van der Waals surface area contributed by atoms with Gasteiger partial charge in [0, 0.05) is 16.6 Å². The van der Waals surface area contributed by atoms with E-state index >= 15 is 0 Å². The number of rotatable bonds is 3. The minimum absolute atomic E-state index is 0.0715. The van der Waals surface area contributed by atoms with E-state index < -0.39 is 5.51 Å². The standard InChI is InChI=1S/C15H20F3NS/c1-10-7-11(2)9-13(8-10)19-12-3-5-14(6-4-12)20-15(16,17)18/h3-6,10-11,13,19H,7-9H2,1-2H3. The maximum atomic E-state index is 12.2.